The Morgan fingerprint density at radius 1 is 1.11 bits per heavy atom. The fourth-order valence-corrected chi connectivity index (χ4v) is 5.61. The topological polar surface area (TPSA) is 111 Å². The third kappa shape index (κ3) is 4.73. The van der Waals surface area contributed by atoms with Crippen LogP contribution in [0.2, 0.25) is 0 Å². The van der Waals surface area contributed by atoms with Gasteiger partial charge in [0, 0.05) is 25.3 Å². The van der Waals surface area contributed by atoms with Crippen LogP contribution in [0.5, 0.6) is 0 Å². The molecule has 36 heavy (non-hydrogen) atoms. The van der Waals surface area contributed by atoms with Crippen molar-refractivity contribution in [3.63, 3.8) is 0 Å². The van der Waals surface area contributed by atoms with Crippen molar-refractivity contribution in [2.24, 2.45) is 0 Å². The molecular weight excluding hydrogens is 499 g/mol. The van der Waals surface area contributed by atoms with Gasteiger partial charge in [0.25, 0.3) is 10.0 Å². The van der Waals surface area contributed by atoms with Gasteiger partial charge in [-0.25, -0.2) is 8.42 Å². The molecule has 2 saturated heterocycles. The molecule has 1 aromatic heterocycles. The molecule has 4 rings (SSSR count). The molecule has 2 aromatic rings. The molecule has 0 amide bonds. The Hall–Kier alpha value is -2.92. The third-order valence-corrected chi connectivity index (χ3v) is 7.84. The van der Waals surface area contributed by atoms with Crippen molar-refractivity contribution in [1.29, 1.82) is 0 Å². The van der Waals surface area contributed by atoms with E-state index in [0.717, 1.165) is 0 Å². The predicted octanol–water partition coefficient (Wildman–Crippen LogP) is 2.50. The summed E-state index contributed by atoms with van der Waals surface area (Å²) in [4.78, 5) is 1.86. The van der Waals surface area contributed by atoms with Gasteiger partial charge in [-0.15, -0.1) is 16.1 Å². The number of nitrogens with two attached hydrogens (primary N) is 1. The molecule has 2 aliphatic heterocycles. The molecular formula is C23H26F3N5O4S. The summed E-state index contributed by atoms with van der Waals surface area (Å²) >= 11 is 0. The first-order valence-corrected chi connectivity index (χ1v) is 12.5. The summed E-state index contributed by atoms with van der Waals surface area (Å²) in [6.07, 6.45) is -4.69. The molecule has 194 valence electrons. The van der Waals surface area contributed by atoms with E-state index in [1.165, 1.54) is 42.4 Å². The summed E-state index contributed by atoms with van der Waals surface area (Å²) in [5.41, 5.74) is 3.45. The number of nitrogens with zero attached hydrogens (tertiary/aromatic N) is 4. The van der Waals surface area contributed by atoms with Crippen LogP contribution in [-0.4, -0.2) is 67.2 Å². The van der Waals surface area contributed by atoms with Crippen molar-refractivity contribution < 1.29 is 31.1 Å². The van der Waals surface area contributed by atoms with Gasteiger partial charge in [-0.3, -0.25) is 0 Å². The monoisotopic (exact) mass is 525 g/mol. The molecule has 1 aromatic carbocycles. The van der Waals surface area contributed by atoms with Crippen LogP contribution in [0.15, 0.2) is 41.4 Å². The van der Waals surface area contributed by atoms with Crippen molar-refractivity contribution >= 4 is 21.5 Å². The number of hydrogen-bond acceptors (Lipinski definition) is 8. The second kappa shape index (κ2) is 9.19. The Labute approximate surface area is 207 Å². The number of sulfonamides is 1. The van der Waals surface area contributed by atoms with E-state index in [0.29, 0.717) is 5.69 Å². The van der Waals surface area contributed by atoms with Crippen molar-refractivity contribution in [2.75, 3.05) is 36.9 Å². The fraction of sp³-hybridized carbons (Fsp3) is 0.478. The number of rotatable bonds is 4. The van der Waals surface area contributed by atoms with E-state index in [4.69, 9.17) is 15.2 Å². The average Bonchev–Trinajstić information content (AvgIpc) is 3.16. The molecule has 2 atom stereocenters. The van der Waals surface area contributed by atoms with Crippen LogP contribution in [-0.2, 0) is 25.1 Å². The lowest BCUT2D eigenvalue weighted by Gasteiger charge is -2.40. The Bertz CT molecular complexity index is 1270. The zero-order valence-corrected chi connectivity index (χ0v) is 20.7. The number of aromatic nitrogens is 2. The highest BCUT2D eigenvalue weighted by atomic mass is 32.2. The number of piperazine rings is 1. The van der Waals surface area contributed by atoms with E-state index in [-0.39, 0.29) is 36.0 Å². The second-order valence-corrected chi connectivity index (χ2v) is 10.8. The van der Waals surface area contributed by atoms with Gasteiger partial charge in [0.2, 0.25) is 5.60 Å². The van der Waals surface area contributed by atoms with Crippen molar-refractivity contribution in [3.8, 4) is 11.8 Å². The summed E-state index contributed by atoms with van der Waals surface area (Å²) in [6.45, 7) is 4.27. The van der Waals surface area contributed by atoms with Gasteiger partial charge in [0.05, 0.1) is 6.61 Å². The number of halogens is 3. The maximum Gasteiger partial charge on any atom is 0.424 e. The minimum Gasteiger partial charge on any atom is -0.382 e. The average molecular weight is 526 g/mol. The zero-order chi connectivity index (χ0) is 26.4. The Kier molecular flexibility index (Phi) is 6.67. The molecule has 2 aliphatic rings. The van der Waals surface area contributed by atoms with E-state index in [9.17, 15) is 21.6 Å². The largest absolute Gasteiger partial charge is 0.424 e. The molecule has 3 heterocycles. The Balaban J connectivity index is 1.59. The molecule has 0 saturated carbocycles. The Morgan fingerprint density at radius 3 is 2.33 bits per heavy atom. The first kappa shape index (κ1) is 26.2. The van der Waals surface area contributed by atoms with Gasteiger partial charge in [-0.1, -0.05) is 18.1 Å². The first-order valence-electron chi connectivity index (χ1n) is 11.1. The van der Waals surface area contributed by atoms with Crippen LogP contribution < -0.4 is 10.6 Å². The minimum absolute atomic E-state index is 0.0363. The number of alkyl halides is 3. The highest BCUT2D eigenvalue weighted by molar-refractivity contribution is 7.89. The number of anilines is 2. The molecule has 1 unspecified atom stereocenters. The summed E-state index contributed by atoms with van der Waals surface area (Å²) < 4.78 is 80.2. The molecule has 2 N–H and O–H groups in total. The van der Waals surface area contributed by atoms with Crippen LogP contribution in [0.3, 0.4) is 0 Å². The number of ether oxygens (including phenoxy) is 2. The van der Waals surface area contributed by atoms with E-state index < -0.39 is 40.2 Å². The van der Waals surface area contributed by atoms with Gasteiger partial charge in [-0.05, 0) is 50.6 Å². The maximum absolute atomic E-state index is 14.1. The maximum atomic E-state index is 14.1. The number of hydrogen-bond donors (Lipinski definition) is 1. The van der Waals surface area contributed by atoms with E-state index in [2.05, 4.69) is 22.0 Å². The molecule has 0 bridgehead atoms. The van der Waals surface area contributed by atoms with Gasteiger partial charge >= 0.3 is 6.18 Å². The van der Waals surface area contributed by atoms with Crippen LogP contribution in [0.25, 0.3) is 0 Å². The van der Waals surface area contributed by atoms with E-state index in [1.807, 2.05) is 4.90 Å². The number of nitrogen functional groups attached to an aromatic ring is 1. The molecule has 0 spiro atoms. The third-order valence-electron chi connectivity index (χ3n) is 6.09. The fourth-order valence-electron chi connectivity index (χ4n) is 4.30. The van der Waals surface area contributed by atoms with Gasteiger partial charge in [-0.2, -0.15) is 17.5 Å². The van der Waals surface area contributed by atoms with E-state index in [1.54, 1.807) is 19.1 Å². The van der Waals surface area contributed by atoms with Crippen LogP contribution in [0, 0.1) is 11.8 Å². The van der Waals surface area contributed by atoms with Gasteiger partial charge < -0.3 is 20.1 Å². The van der Waals surface area contributed by atoms with Crippen LogP contribution >= 0.6 is 0 Å². The van der Waals surface area contributed by atoms with E-state index >= 15 is 0 Å². The quantitative estimate of drug-likeness (QED) is 0.607. The van der Waals surface area contributed by atoms with Crippen LogP contribution in [0.4, 0.5) is 24.7 Å². The van der Waals surface area contributed by atoms with Crippen molar-refractivity contribution in [2.45, 2.75) is 49.4 Å². The van der Waals surface area contributed by atoms with Crippen molar-refractivity contribution in [3.05, 3.63) is 42.0 Å². The van der Waals surface area contributed by atoms with Crippen LogP contribution in [0.1, 0.15) is 26.3 Å². The second-order valence-electron chi connectivity index (χ2n) is 8.93. The Morgan fingerprint density at radius 2 is 1.81 bits per heavy atom. The lowest BCUT2D eigenvalue weighted by molar-refractivity contribution is -0.289. The standard InChI is InChI=1S/C23H26F3N5O4S/c1-4-5-18-14-30(36(32,33)20-11-10-19(27)28-29-20)12-13-31(18)17-8-6-16(7-9-17)22(23(24,25)26)15-34-21(2,3)35-22/h6-11,18H,12-15H2,1-3H3,(H2,27,28)/t18-,22?/m0/s1. The number of benzene rings is 1. The van der Waals surface area contributed by atoms with Crippen molar-refractivity contribution in [1.82, 2.24) is 14.5 Å². The highest BCUT2D eigenvalue weighted by Gasteiger charge is 2.63. The first-order chi connectivity index (χ1) is 16.8. The summed E-state index contributed by atoms with van der Waals surface area (Å²) in [5.74, 6) is 4.52. The smallest absolute Gasteiger partial charge is 0.382 e. The van der Waals surface area contributed by atoms with Gasteiger partial charge in [0.1, 0.15) is 11.9 Å². The molecule has 9 nitrogen and oxygen atoms in total. The highest BCUT2D eigenvalue weighted by Crippen LogP contribution is 2.49. The van der Waals surface area contributed by atoms with Gasteiger partial charge in [0.15, 0.2) is 10.8 Å². The summed E-state index contributed by atoms with van der Waals surface area (Å²) in [5, 5.41) is 7.08. The summed E-state index contributed by atoms with van der Waals surface area (Å²) in [6, 6.07) is 7.93. The molecule has 0 radical (unpaired) electrons. The summed E-state index contributed by atoms with van der Waals surface area (Å²) in [7, 11) is -3.93. The molecule has 13 heteroatoms. The normalized spacial score (nSPS) is 24.8. The minimum atomic E-state index is -4.69. The molecule has 0 aliphatic carbocycles. The zero-order valence-electron chi connectivity index (χ0n) is 19.9. The molecule has 2 fully saturated rings. The SMILES string of the molecule is CC#C[C@H]1CN(S(=O)(=O)c2ccc(N)nn2)CCN1c1ccc(C2(C(F)(F)F)COC(C)(C)O2)cc1. The lowest BCUT2D eigenvalue weighted by Crippen LogP contribution is -2.54. The lowest BCUT2D eigenvalue weighted by atomic mass is 9.93. The predicted molar refractivity (Wildman–Crippen MR) is 125 cm³/mol.